The lowest BCUT2D eigenvalue weighted by Crippen LogP contribution is -2.39. The van der Waals surface area contributed by atoms with Gasteiger partial charge in [0, 0.05) is 132 Å². The van der Waals surface area contributed by atoms with E-state index in [-0.39, 0.29) is 107 Å². The molecule has 8 heterocycles. The Kier molecular flexibility index (Phi) is 19.5. The van der Waals surface area contributed by atoms with Gasteiger partial charge in [-0.25, -0.2) is 19.3 Å². The van der Waals surface area contributed by atoms with E-state index in [0.717, 1.165) is 0 Å². The van der Waals surface area contributed by atoms with Crippen LogP contribution in [0.4, 0.5) is 44.5 Å². The first-order valence-electron chi connectivity index (χ1n) is 28.2. The minimum absolute atomic E-state index is 0.000622. The van der Waals surface area contributed by atoms with Crippen LogP contribution in [0, 0.1) is 5.82 Å². The number of nitrogens with zero attached hydrogens (tertiary/aromatic N) is 12. The van der Waals surface area contributed by atoms with Gasteiger partial charge < -0.3 is 95.0 Å². The van der Waals surface area contributed by atoms with Crippen molar-refractivity contribution in [2.75, 3.05) is 56.9 Å². The van der Waals surface area contributed by atoms with Crippen molar-refractivity contribution in [3.63, 3.8) is 0 Å². The molecule has 33 heteroatoms. The van der Waals surface area contributed by atoms with Crippen LogP contribution < -0.4 is 53.6 Å². The van der Waals surface area contributed by atoms with Crippen LogP contribution in [0.25, 0.3) is 0 Å². The lowest BCUT2D eigenvalue weighted by Gasteiger charge is -2.12. The second kappa shape index (κ2) is 27.9. The number of carbonyl (C=O) groups excluding carboxylic acids is 9. The van der Waals surface area contributed by atoms with E-state index < -0.39 is 53.3 Å². The number of aryl methyl sites for hydroxylation is 8. The van der Waals surface area contributed by atoms with Crippen LogP contribution >= 0.6 is 0 Å². The van der Waals surface area contributed by atoms with Crippen molar-refractivity contribution in [1.29, 1.82) is 0 Å². The molecule has 0 unspecified atom stereocenters. The van der Waals surface area contributed by atoms with Crippen molar-refractivity contribution >= 4 is 99.5 Å². The van der Waals surface area contributed by atoms with Gasteiger partial charge in [0.2, 0.25) is 17.6 Å². The van der Waals surface area contributed by atoms with Gasteiger partial charge in [0.05, 0.1) is 40.7 Å². The second-order valence-electron chi connectivity index (χ2n) is 21.2. The minimum Gasteiger partial charge on any atom is -0.396 e. The molecule has 0 saturated heterocycles. The van der Waals surface area contributed by atoms with Crippen LogP contribution in [-0.2, 0) is 66.0 Å². The first-order valence-corrected chi connectivity index (χ1v) is 28.2. The van der Waals surface area contributed by atoms with Crippen molar-refractivity contribution < 1.29 is 52.4 Å². The van der Waals surface area contributed by atoms with Gasteiger partial charge in [-0.3, -0.25) is 43.2 Å². The molecular weight excluding hydrogens is 1200 g/mol. The standard InChI is InChI=1S/C59H65FN22O10/c1-75-17-16-62-48(75)58(90)69-38-23-42(77(3)29-38)54(86)68-37-22-45(80(6)28-37)56(88)73-46-31-81(7)49(71-46)57(89)64-15-13-40(61)51(83)66-35-21-44(79(5)26-35)55(87)74-47-32-82(8)50(72-47)59(91)70-39-24-43(78(4)30-39)53(85)67-36-20-41(76(2)27-36)52(84)63-14-10-18-92-65-25-33-11-9-12-34(60)19-33/h9,11-12,16-17,19-32,40H,10,13-15,18,61H2,1-8H3,(H,63,84)(H,64,89)(H,66,83)(H,67,85)(H,68,86)(H,69,90)(H,70,91)(H,73,88)(H,74,87)/b65-25-/t40-/m1/s1. The van der Waals surface area contributed by atoms with Crippen LogP contribution in [0.15, 0.2) is 116 Å². The highest BCUT2D eigenvalue weighted by molar-refractivity contribution is 6.10. The summed E-state index contributed by atoms with van der Waals surface area (Å²) in [6.45, 7) is 0.439. The van der Waals surface area contributed by atoms with Gasteiger partial charge in [-0.05, 0) is 54.4 Å². The van der Waals surface area contributed by atoms with E-state index in [9.17, 15) is 47.5 Å². The molecule has 0 fully saturated rings. The molecule has 32 nitrogen and oxygen atoms in total. The predicted molar refractivity (Wildman–Crippen MR) is 335 cm³/mol. The van der Waals surface area contributed by atoms with Crippen LogP contribution in [0.2, 0.25) is 0 Å². The molecule has 1 aromatic carbocycles. The minimum atomic E-state index is -1.10. The third kappa shape index (κ3) is 15.6. The summed E-state index contributed by atoms with van der Waals surface area (Å²) < 4.78 is 25.3. The Morgan fingerprint density at radius 1 is 0.500 bits per heavy atom. The maximum absolute atomic E-state index is 13.5. The van der Waals surface area contributed by atoms with Gasteiger partial charge in [0.25, 0.3) is 47.3 Å². The smallest absolute Gasteiger partial charge is 0.291 e. The first-order chi connectivity index (χ1) is 43.9. The van der Waals surface area contributed by atoms with Gasteiger partial charge in [0.15, 0.2) is 17.5 Å². The van der Waals surface area contributed by atoms with Gasteiger partial charge in [-0.1, -0.05) is 17.3 Å². The number of rotatable bonds is 25. The number of hydrogen-bond donors (Lipinski definition) is 10. The molecular formula is C59H65FN22O10. The number of oxime groups is 1. The number of aromatic nitrogens is 11. The molecule has 9 aromatic rings. The fourth-order valence-corrected chi connectivity index (χ4v) is 9.43. The summed E-state index contributed by atoms with van der Waals surface area (Å²) in [5.41, 5.74) is 9.22. The normalized spacial score (nSPS) is 11.5. The molecule has 478 valence electrons. The van der Waals surface area contributed by atoms with E-state index in [2.05, 4.69) is 68.0 Å². The molecule has 11 N–H and O–H groups in total. The van der Waals surface area contributed by atoms with Gasteiger partial charge in [-0.15, -0.1) is 0 Å². The van der Waals surface area contributed by atoms with Crippen molar-refractivity contribution in [2.24, 2.45) is 67.3 Å². The maximum Gasteiger partial charge on any atom is 0.291 e. The Morgan fingerprint density at radius 2 is 0.924 bits per heavy atom. The second-order valence-corrected chi connectivity index (χ2v) is 21.2. The summed E-state index contributed by atoms with van der Waals surface area (Å²) in [5, 5.41) is 28.2. The summed E-state index contributed by atoms with van der Waals surface area (Å²) >= 11 is 0. The highest BCUT2D eigenvalue weighted by atomic mass is 19.1. The number of benzene rings is 1. The molecule has 92 heavy (non-hydrogen) atoms. The summed E-state index contributed by atoms with van der Waals surface area (Å²) in [7, 11) is 12.9. The average molecular weight is 1260 g/mol. The topological polar surface area (TPSA) is 388 Å². The molecule has 0 saturated carbocycles. The molecule has 8 aromatic heterocycles. The third-order valence-corrected chi connectivity index (χ3v) is 14.1. The van der Waals surface area contributed by atoms with Crippen molar-refractivity contribution in [3.05, 3.63) is 168 Å². The van der Waals surface area contributed by atoms with Crippen molar-refractivity contribution in [3.8, 4) is 0 Å². The molecule has 0 aliphatic heterocycles. The maximum atomic E-state index is 13.5. The van der Waals surface area contributed by atoms with E-state index in [1.54, 1.807) is 96.2 Å². The molecule has 0 radical (unpaired) electrons. The summed E-state index contributed by atoms with van der Waals surface area (Å²) in [5.74, 6) is -5.22. The SMILES string of the molecule is Cn1cc(NC(=O)c2cc(NC(=O)c3nc(NC(=O)c4cc(NC(=O)[C@H](N)CCNC(=O)c5nc(NC(=O)c6cc(NC(=O)c7cc(NC(=O)c8nccn8C)cn7C)cn6C)cn5C)cn4C)cn3C)cn2C)cc1C(=O)NCCCO/N=C\c1cccc(F)c1. The third-order valence-electron chi connectivity index (χ3n) is 14.1. The van der Waals surface area contributed by atoms with E-state index in [1.807, 2.05) is 0 Å². The summed E-state index contributed by atoms with van der Waals surface area (Å²) in [4.78, 5) is 137. The fourth-order valence-electron chi connectivity index (χ4n) is 9.43. The Hall–Kier alpha value is -12.2. The highest BCUT2D eigenvalue weighted by Gasteiger charge is 2.25. The molecule has 0 bridgehead atoms. The van der Waals surface area contributed by atoms with E-state index in [0.29, 0.717) is 29.0 Å². The molecule has 9 amide bonds. The fraction of sp³-hybridized carbons (Fsp3) is 0.237. The van der Waals surface area contributed by atoms with E-state index in [4.69, 9.17) is 10.6 Å². The molecule has 1 atom stereocenters. The van der Waals surface area contributed by atoms with Crippen LogP contribution in [-0.4, -0.2) is 137 Å². The molecule has 0 aliphatic rings. The summed E-state index contributed by atoms with van der Waals surface area (Å²) in [6.07, 6.45) is 15.5. The number of carbonyl (C=O) groups is 9. The average Bonchev–Trinajstić information content (AvgIpc) is 1.83. The van der Waals surface area contributed by atoms with Crippen molar-refractivity contribution in [2.45, 2.75) is 18.9 Å². The van der Waals surface area contributed by atoms with Crippen molar-refractivity contribution in [1.82, 2.24) is 62.1 Å². The lowest BCUT2D eigenvalue weighted by atomic mass is 10.2. The number of anilines is 7. The Bertz CT molecular complexity index is 4360. The Labute approximate surface area is 523 Å². The van der Waals surface area contributed by atoms with Gasteiger partial charge >= 0.3 is 0 Å². The quantitative estimate of drug-likeness (QED) is 0.0223. The predicted octanol–water partition coefficient (Wildman–Crippen LogP) is 3.49. The number of nitrogens with one attached hydrogen (secondary N) is 9. The van der Waals surface area contributed by atoms with E-state index in [1.165, 1.54) is 113 Å². The number of amides is 9. The zero-order valence-electron chi connectivity index (χ0n) is 51.0. The van der Waals surface area contributed by atoms with Crippen LogP contribution in [0.5, 0.6) is 0 Å². The Morgan fingerprint density at radius 3 is 1.39 bits per heavy atom. The molecule has 9 rings (SSSR count). The molecule has 0 spiro atoms. The van der Waals surface area contributed by atoms with Crippen LogP contribution in [0.3, 0.4) is 0 Å². The number of halogens is 1. The zero-order valence-corrected chi connectivity index (χ0v) is 51.0. The van der Waals surface area contributed by atoms with Crippen LogP contribution in [0.1, 0.15) is 103 Å². The van der Waals surface area contributed by atoms with E-state index >= 15 is 0 Å². The summed E-state index contributed by atoms with van der Waals surface area (Å²) in [6, 6.07) is 12.1. The zero-order chi connectivity index (χ0) is 66.1. The lowest BCUT2D eigenvalue weighted by molar-refractivity contribution is -0.117. The van der Waals surface area contributed by atoms with Gasteiger partial charge in [-0.2, -0.15) is 0 Å². The number of imidazole rings is 3. The molecule has 0 aliphatic carbocycles. The largest absolute Gasteiger partial charge is 0.396 e. The number of nitrogens with two attached hydrogens (primary N) is 1. The Balaban J connectivity index is 0.691. The monoisotopic (exact) mass is 1260 g/mol. The van der Waals surface area contributed by atoms with Gasteiger partial charge in [0.1, 0.15) is 40.9 Å². The number of hydrogen-bond acceptors (Lipinski definition) is 15. The first kappa shape index (κ1) is 64.3. The highest BCUT2D eigenvalue weighted by Crippen LogP contribution is 2.23.